The number of anilines is 2. The summed E-state index contributed by atoms with van der Waals surface area (Å²) in [5, 5.41) is 2.39. The van der Waals surface area contributed by atoms with Gasteiger partial charge in [0.25, 0.3) is 0 Å². The number of benzene rings is 1. The van der Waals surface area contributed by atoms with E-state index < -0.39 is 0 Å². The van der Waals surface area contributed by atoms with E-state index in [1.165, 1.54) is 24.3 Å². The molecule has 2 heterocycles. The number of amides is 1. The molecule has 0 saturated heterocycles. The van der Waals surface area contributed by atoms with E-state index in [1.807, 2.05) is 37.4 Å². The van der Waals surface area contributed by atoms with Crippen molar-refractivity contribution in [3.63, 3.8) is 0 Å². The summed E-state index contributed by atoms with van der Waals surface area (Å²) in [5.74, 6) is 0.642. The van der Waals surface area contributed by atoms with Crippen molar-refractivity contribution in [2.75, 3.05) is 4.90 Å². The molecule has 1 aromatic carbocycles. The minimum absolute atomic E-state index is 0.112. The molecule has 0 bridgehead atoms. The van der Waals surface area contributed by atoms with E-state index in [-0.39, 0.29) is 11.7 Å². The van der Waals surface area contributed by atoms with Gasteiger partial charge in [-0.2, -0.15) is 0 Å². The first-order chi connectivity index (χ1) is 12.9. The number of aryl methyl sites for hydroxylation is 3. The van der Waals surface area contributed by atoms with Crippen molar-refractivity contribution in [1.82, 2.24) is 4.98 Å². The first-order valence-corrected chi connectivity index (χ1v) is 9.36. The van der Waals surface area contributed by atoms with Gasteiger partial charge < -0.3 is 4.42 Å². The van der Waals surface area contributed by atoms with E-state index in [0.29, 0.717) is 22.3 Å². The van der Waals surface area contributed by atoms with Crippen molar-refractivity contribution in [3.8, 4) is 0 Å². The van der Waals surface area contributed by atoms with Crippen LogP contribution in [0.2, 0.25) is 0 Å². The first kappa shape index (κ1) is 18.8. The van der Waals surface area contributed by atoms with Crippen molar-refractivity contribution in [2.24, 2.45) is 0 Å². The molecule has 0 saturated carbocycles. The maximum absolute atomic E-state index is 12.3. The maximum Gasteiger partial charge on any atom is 0.230 e. The predicted molar refractivity (Wildman–Crippen MR) is 108 cm³/mol. The van der Waals surface area contributed by atoms with Gasteiger partial charge in [-0.3, -0.25) is 14.5 Å². The Balaban J connectivity index is 1.88. The van der Waals surface area contributed by atoms with Crippen molar-refractivity contribution in [2.45, 2.75) is 27.7 Å². The van der Waals surface area contributed by atoms with Crippen LogP contribution in [-0.2, 0) is 4.79 Å². The van der Waals surface area contributed by atoms with Crippen molar-refractivity contribution >= 4 is 39.9 Å². The number of nitrogens with zero attached hydrogens (tertiary/aromatic N) is 2. The average Bonchev–Trinajstić information content (AvgIpc) is 3.25. The summed E-state index contributed by atoms with van der Waals surface area (Å²) in [7, 11) is 0. The summed E-state index contributed by atoms with van der Waals surface area (Å²) in [6.07, 6.45) is 3.05. The maximum atomic E-state index is 12.3. The van der Waals surface area contributed by atoms with E-state index in [1.54, 1.807) is 30.0 Å². The highest BCUT2D eigenvalue weighted by molar-refractivity contribution is 7.14. The molecule has 2 aromatic heterocycles. The number of para-hydroxylation sites is 1. The smallest absolute Gasteiger partial charge is 0.230 e. The van der Waals surface area contributed by atoms with Gasteiger partial charge in [0.1, 0.15) is 5.76 Å². The minimum atomic E-state index is -0.226. The molecule has 1 amide bonds. The molecule has 0 unspecified atom stereocenters. The van der Waals surface area contributed by atoms with Crippen LogP contribution in [0, 0.1) is 20.8 Å². The van der Waals surface area contributed by atoms with Crippen LogP contribution in [0.25, 0.3) is 6.08 Å². The number of carbonyl (C=O) groups excluding carboxylic acids is 2. The number of rotatable bonds is 5. The zero-order valence-electron chi connectivity index (χ0n) is 15.6. The van der Waals surface area contributed by atoms with Crippen LogP contribution in [0.1, 0.15) is 40.1 Å². The van der Waals surface area contributed by atoms with Gasteiger partial charge >= 0.3 is 0 Å². The van der Waals surface area contributed by atoms with Gasteiger partial charge in [-0.25, -0.2) is 4.98 Å². The third-order valence-corrected chi connectivity index (χ3v) is 4.91. The molecule has 0 radical (unpaired) electrons. The van der Waals surface area contributed by atoms with Crippen LogP contribution in [-0.4, -0.2) is 16.7 Å². The van der Waals surface area contributed by atoms with Gasteiger partial charge in [-0.05, 0) is 56.2 Å². The minimum Gasteiger partial charge on any atom is -0.458 e. The highest BCUT2D eigenvalue weighted by Crippen LogP contribution is 2.33. The Morgan fingerprint density at radius 3 is 2.41 bits per heavy atom. The zero-order valence-corrected chi connectivity index (χ0v) is 16.5. The summed E-state index contributed by atoms with van der Waals surface area (Å²) in [6, 6.07) is 9.29. The van der Waals surface area contributed by atoms with Crippen LogP contribution in [0.3, 0.4) is 0 Å². The Morgan fingerprint density at radius 2 is 1.81 bits per heavy atom. The molecular formula is C21H20N2O3S. The Hall–Kier alpha value is -2.99. The third kappa shape index (κ3) is 4.06. The van der Waals surface area contributed by atoms with Crippen molar-refractivity contribution in [3.05, 3.63) is 70.1 Å². The number of ketones is 1. The number of carbonyl (C=O) groups is 2. The molecule has 0 aliphatic rings. The van der Waals surface area contributed by atoms with E-state index in [2.05, 4.69) is 4.98 Å². The number of allylic oxidation sites excluding steroid dienone is 1. The Kier molecular flexibility index (Phi) is 5.37. The first-order valence-electron chi connectivity index (χ1n) is 8.48. The molecule has 0 atom stereocenters. The molecule has 138 valence electrons. The lowest BCUT2D eigenvalue weighted by atomic mass is 10.1. The second kappa shape index (κ2) is 7.72. The molecule has 5 nitrogen and oxygen atoms in total. The molecule has 0 N–H and O–H groups in total. The van der Waals surface area contributed by atoms with E-state index in [0.717, 1.165) is 16.8 Å². The topological polar surface area (TPSA) is 63.4 Å². The number of aromatic nitrogens is 1. The predicted octanol–water partition coefficient (Wildman–Crippen LogP) is 5.24. The monoisotopic (exact) mass is 380 g/mol. The van der Waals surface area contributed by atoms with Crippen LogP contribution in [0.15, 0.2) is 46.2 Å². The van der Waals surface area contributed by atoms with E-state index in [9.17, 15) is 9.59 Å². The number of hydrogen-bond acceptors (Lipinski definition) is 5. The number of furan rings is 1. The fourth-order valence-corrected chi connectivity index (χ4v) is 3.65. The van der Waals surface area contributed by atoms with Crippen molar-refractivity contribution < 1.29 is 14.0 Å². The molecule has 0 spiro atoms. The zero-order chi connectivity index (χ0) is 19.6. The molecule has 3 rings (SSSR count). The van der Waals surface area contributed by atoms with E-state index >= 15 is 0 Å². The second-order valence-corrected chi connectivity index (χ2v) is 7.09. The molecule has 0 aliphatic heterocycles. The molecule has 6 heteroatoms. The normalized spacial score (nSPS) is 11.1. The lowest BCUT2D eigenvalue weighted by molar-refractivity contribution is -0.115. The quantitative estimate of drug-likeness (QED) is 0.448. The van der Waals surface area contributed by atoms with Crippen LogP contribution in [0.4, 0.5) is 10.8 Å². The molecule has 0 aliphatic carbocycles. The second-order valence-electron chi connectivity index (χ2n) is 6.26. The molecule has 3 aromatic rings. The van der Waals surface area contributed by atoms with Crippen LogP contribution < -0.4 is 4.90 Å². The molecule has 0 fully saturated rings. The van der Waals surface area contributed by atoms with Gasteiger partial charge in [-0.1, -0.05) is 18.2 Å². The number of hydrogen-bond donors (Lipinski definition) is 0. The fourth-order valence-electron chi connectivity index (χ4n) is 2.81. The summed E-state index contributed by atoms with van der Waals surface area (Å²) >= 11 is 1.36. The van der Waals surface area contributed by atoms with Crippen LogP contribution >= 0.6 is 11.3 Å². The largest absolute Gasteiger partial charge is 0.458 e. The summed E-state index contributed by atoms with van der Waals surface area (Å²) in [6.45, 7) is 7.25. The molecular weight excluding hydrogens is 360 g/mol. The molecule has 27 heavy (non-hydrogen) atoms. The Bertz CT molecular complexity index is 1010. The highest BCUT2D eigenvalue weighted by Gasteiger charge is 2.21. The number of thiazole rings is 1. The standard InChI is InChI=1S/C21H20N2O3S/c1-13-6-5-7-14(2)20(13)23(16(4)24)21-22-17(12-27-21)9-10-18(25)19-11-8-15(3)26-19/h5-12H,1-4H3. The summed E-state index contributed by atoms with van der Waals surface area (Å²) < 4.78 is 5.32. The highest BCUT2D eigenvalue weighted by atomic mass is 32.1. The van der Waals surface area contributed by atoms with Gasteiger partial charge in [0.15, 0.2) is 10.9 Å². The summed E-state index contributed by atoms with van der Waals surface area (Å²) in [5.41, 5.74) is 3.46. The van der Waals surface area contributed by atoms with Crippen molar-refractivity contribution in [1.29, 1.82) is 0 Å². The van der Waals surface area contributed by atoms with Crippen LogP contribution in [0.5, 0.6) is 0 Å². The SMILES string of the molecule is CC(=O)N(c1nc(C=CC(=O)c2ccc(C)o2)cs1)c1c(C)cccc1C. The summed E-state index contributed by atoms with van der Waals surface area (Å²) in [4.78, 5) is 30.6. The average molecular weight is 380 g/mol. The van der Waals surface area contributed by atoms with Gasteiger partial charge in [0, 0.05) is 12.3 Å². The van der Waals surface area contributed by atoms with Gasteiger partial charge in [0.05, 0.1) is 11.4 Å². The van der Waals surface area contributed by atoms with Gasteiger partial charge in [-0.15, -0.1) is 11.3 Å². The Labute approximate surface area is 162 Å². The third-order valence-electron chi connectivity index (χ3n) is 4.07. The fraction of sp³-hybridized carbons (Fsp3) is 0.190. The van der Waals surface area contributed by atoms with E-state index in [4.69, 9.17) is 4.42 Å². The van der Waals surface area contributed by atoms with Gasteiger partial charge in [0.2, 0.25) is 11.7 Å². The lowest BCUT2D eigenvalue weighted by Gasteiger charge is -2.22. The Morgan fingerprint density at radius 1 is 1.11 bits per heavy atom. The lowest BCUT2D eigenvalue weighted by Crippen LogP contribution is -2.24.